The standard InChI is InChI=1S/C12H15F2NO3/c13-12(14)18-10-4-2-1-3-9(10)8(7-15)5-6-11(16)17/h1-4,8,12H,5-7,15H2,(H,16,17). The average Bonchev–Trinajstić information content (AvgIpc) is 2.30. The molecule has 6 heteroatoms. The summed E-state index contributed by atoms with van der Waals surface area (Å²) in [5.74, 6) is -1.20. The van der Waals surface area contributed by atoms with E-state index in [1.807, 2.05) is 0 Å². The second-order valence-electron chi connectivity index (χ2n) is 3.78. The number of carboxylic acid groups (broad SMARTS) is 1. The third kappa shape index (κ3) is 4.29. The van der Waals surface area contributed by atoms with Crippen LogP contribution in [0.5, 0.6) is 5.75 Å². The zero-order valence-electron chi connectivity index (χ0n) is 9.68. The van der Waals surface area contributed by atoms with Gasteiger partial charge in [0.15, 0.2) is 0 Å². The number of nitrogens with two attached hydrogens (primary N) is 1. The Morgan fingerprint density at radius 1 is 1.39 bits per heavy atom. The number of alkyl halides is 2. The van der Waals surface area contributed by atoms with Crippen molar-refractivity contribution in [1.29, 1.82) is 0 Å². The molecule has 0 heterocycles. The van der Waals surface area contributed by atoms with Crippen LogP contribution in [-0.2, 0) is 4.79 Å². The summed E-state index contributed by atoms with van der Waals surface area (Å²) in [6.07, 6.45) is 0.223. The molecule has 0 aliphatic rings. The summed E-state index contributed by atoms with van der Waals surface area (Å²) < 4.78 is 28.9. The van der Waals surface area contributed by atoms with Crippen LogP contribution in [-0.4, -0.2) is 24.2 Å². The summed E-state index contributed by atoms with van der Waals surface area (Å²) in [6.45, 7) is -2.74. The molecule has 1 rings (SSSR count). The van der Waals surface area contributed by atoms with Gasteiger partial charge in [-0.3, -0.25) is 4.79 Å². The molecule has 18 heavy (non-hydrogen) atoms. The second kappa shape index (κ2) is 6.90. The summed E-state index contributed by atoms with van der Waals surface area (Å²) >= 11 is 0. The van der Waals surface area contributed by atoms with E-state index < -0.39 is 12.6 Å². The van der Waals surface area contributed by atoms with Crippen molar-refractivity contribution in [3.63, 3.8) is 0 Å². The molecule has 1 atom stereocenters. The minimum Gasteiger partial charge on any atom is -0.481 e. The van der Waals surface area contributed by atoms with Crippen LogP contribution in [0.1, 0.15) is 24.3 Å². The molecule has 0 aliphatic carbocycles. The number of halogens is 2. The van der Waals surface area contributed by atoms with Gasteiger partial charge in [-0.05, 0) is 24.6 Å². The number of benzene rings is 1. The van der Waals surface area contributed by atoms with Gasteiger partial charge in [0.2, 0.25) is 0 Å². The lowest BCUT2D eigenvalue weighted by molar-refractivity contribution is -0.137. The fourth-order valence-corrected chi connectivity index (χ4v) is 1.72. The molecule has 0 radical (unpaired) electrons. The number of carboxylic acids is 1. The third-order valence-electron chi connectivity index (χ3n) is 2.57. The Kier molecular flexibility index (Phi) is 5.51. The molecule has 1 aromatic rings. The minimum absolute atomic E-state index is 0.0494. The SMILES string of the molecule is NCC(CCC(=O)O)c1ccccc1OC(F)F. The largest absolute Gasteiger partial charge is 0.481 e. The Bertz CT molecular complexity index is 399. The quantitative estimate of drug-likeness (QED) is 0.787. The van der Waals surface area contributed by atoms with Crippen LogP contribution in [0.3, 0.4) is 0 Å². The molecule has 0 saturated heterocycles. The Hall–Kier alpha value is -1.69. The van der Waals surface area contributed by atoms with E-state index in [2.05, 4.69) is 4.74 Å². The van der Waals surface area contributed by atoms with E-state index in [0.717, 1.165) is 0 Å². The molecular weight excluding hydrogens is 244 g/mol. The van der Waals surface area contributed by atoms with Gasteiger partial charge < -0.3 is 15.6 Å². The molecule has 1 unspecified atom stereocenters. The number of carbonyl (C=O) groups is 1. The predicted octanol–water partition coefficient (Wildman–Crippen LogP) is 2.20. The number of hydrogen-bond acceptors (Lipinski definition) is 3. The monoisotopic (exact) mass is 259 g/mol. The normalized spacial score (nSPS) is 12.4. The molecule has 0 aromatic heterocycles. The fraction of sp³-hybridized carbons (Fsp3) is 0.417. The molecule has 4 nitrogen and oxygen atoms in total. The van der Waals surface area contributed by atoms with E-state index in [1.54, 1.807) is 18.2 Å². The van der Waals surface area contributed by atoms with Crippen molar-refractivity contribution in [2.75, 3.05) is 6.54 Å². The zero-order chi connectivity index (χ0) is 13.5. The number of rotatable bonds is 7. The van der Waals surface area contributed by atoms with Gasteiger partial charge in [0.05, 0.1) is 0 Å². The summed E-state index contributed by atoms with van der Waals surface area (Å²) in [5.41, 5.74) is 6.07. The lowest BCUT2D eigenvalue weighted by Gasteiger charge is -2.18. The lowest BCUT2D eigenvalue weighted by Crippen LogP contribution is -2.16. The van der Waals surface area contributed by atoms with Gasteiger partial charge in [-0.25, -0.2) is 0 Å². The van der Waals surface area contributed by atoms with E-state index in [1.165, 1.54) is 6.07 Å². The first-order chi connectivity index (χ1) is 8.54. The molecule has 0 fully saturated rings. The van der Waals surface area contributed by atoms with Gasteiger partial charge in [0.1, 0.15) is 5.75 Å². The summed E-state index contributed by atoms with van der Waals surface area (Å²) in [4.78, 5) is 10.5. The Balaban J connectivity index is 2.86. The van der Waals surface area contributed by atoms with Crippen molar-refractivity contribution in [3.05, 3.63) is 29.8 Å². The van der Waals surface area contributed by atoms with Crippen LogP contribution >= 0.6 is 0 Å². The highest BCUT2D eigenvalue weighted by molar-refractivity contribution is 5.66. The lowest BCUT2D eigenvalue weighted by atomic mass is 9.93. The minimum atomic E-state index is -2.91. The first-order valence-electron chi connectivity index (χ1n) is 5.50. The second-order valence-corrected chi connectivity index (χ2v) is 3.78. The summed E-state index contributed by atoms with van der Waals surface area (Å²) in [6, 6.07) is 6.30. The van der Waals surface area contributed by atoms with Crippen LogP contribution in [0.4, 0.5) is 8.78 Å². The van der Waals surface area contributed by atoms with E-state index in [4.69, 9.17) is 10.8 Å². The molecule has 0 bridgehead atoms. The van der Waals surface area contributed by atoms with E-state index in [0.29, 0.717) is 5.56 Å². The summed E-state index contributed by atoms with van der Waals surface area (Å²) in [5, 5.41) is 8.63. The molecule has 100 valence electrons. The van der Waals surface area contributed by atoms with Gasteiger partial charge in [0.25, 0.3) is 0 Å². The van der Waals surface area contributed by atoms with Crippen LogP contribution in [0.25, 0.3) is 0 Å². The molecule has 0 saturated carbocycles. The smallest absolute Gasteiger partial charge is 0.387 e. The molecule has 3 N–H and O–H groups in total. The summed E-state index contributed by atoms with van der Waals surface area (Å²) in [7, 11) is 0. The van der Waals surface area contributed by atoms with Crippen molar-refractivity contribution in [2.45, 2.75) is 25.4 Å². The fourth-order valence-electron chi connectivity index (χ4n) is 1.72. The highest BCUT2D eigenvalue weighted by Crippen LogP contribution is 2.30. The highest BCUT2D eigenvalue weighted by Gasteiger charge is 2.17. The van der Waals surface area contributed by atoms with Gasteiger partial charge in [-0.1, -0.05) is 18.2 Å². The van der Waals surface area contributed by atoms with Crippen molar-refractivity contribution in [2.24, 2.45) is 5.73 Å². The highest BCUT2D eigenvalue weighted by atomic mass is 19.3. The van der Waals surface area contributed by atoms with E-state index >= 15 is 0 Å². The van der Waals surface area contributed by atoms with Crippen LogP contribution in [0.2, 0.25) is 0 Å². The van der Waals surface area contributed by atoms with Crippen molar-refractivity contribution >= 4 is 5.97 Å². The van der Waals surface area contributed by atoms with E-state index in [-0.39, 0.29) is 31.1 Å². The number of para-hydroxylation sites is 1. The Labute approximate surface area is 103 Å². The maximum Gasteiger partial charge on any atom is 0.387 e. The van der Waals surface area contributed by atoms with Crippen molar-refractivity contribution in [1.82, 2.24) is 0 Å². The van der Waals surface area contributed by atoms with Gasteiger partial charge >= 0.3 is 12.6 Å². The van der Waals surface area contributed by atoms with Gasteiger partial charge in [-0.2, -0.15) is 8.78 Å². The third-order valence-corrected chi connectivity index (χ3v) is 2.57. The van der Waals surface area contributed by atoms with Crippen molar-refractivity contribution in [3.8, 4) is 5.75 Å². The maximum atomic E-state index is 12.2. The number of ether oxygens (including phenoxy) is 1. The van der Waals surface area contributed by atoms with E-state index in [9.17, 15) is 13.6 Å². The average molecular weight is 259 g/mol. The molecule has 0 aliphatic heterocycles. The van der Waals surface area contributed by atoms with Crippen LogP contribution in [0.15, 0.2) is 24.3 Å². The van der Waals surface area contributed by atoms with Gasteiger partial charge in [-0.15, -0.1) is 0 Å². The zero-order valence-corrected chi connectivity index (χ0v) is 9.68. The molecule has 0 amide bonds. The Morgan fingerprint density at radius 2 is 2.06 bits per heavy atom. The first-order valence-corrected chi connectivity index (χ1v) is 5.50. The predicted molar refractivity (Wildman–Crippen MR) is 61.7 cm³/mol. The van der Waals surface area contributed by atoms with Crippen LogP contribution in [0, 0.1) is 0 Å². The Morgan fingerprint density at radius 3 is 2.61 bits per heavy atom. The topological polar surface area (TPSA) is 72.6 Å². The molecular formula is C12H15F2NO3. The van der Waals surface area contributed by atoms with Crippen molar-refractivity contribution < 1.29 is 23.4 Å². The number of aliphatic carboxylic acids is 1. The molecule has 1 aromatic carbocycles. The number of hydrogen-bond donors (Lipinski definition) is 2. The van der Waals surface area contributed by atoms with Crippen LogP contribution < -0.4 is 10.5 Å². The molecule has 0 spiro atoms. The maximum absolute atomic E-state index is 12.2. The first kappa shape index (κ1) is 14.4. The van der Waals surface area contributed by atoms with Gasteiger partial charge in [0, 0.05) is 12.3 Å².